The molecular weight excluding hydrogens is 913 g/mol. The first-order valence-corrected chi connectivity index (χ1v) is 24.3. The van der Waals surface area contributed by atoms with E-state index in [4.69, 9.17) is 47.4 Å². The molecule has 4 aromatic rings. The SMILES string of the molecule is COc1cc2c(cc1OC)[C@H](c1cc(OC)c(OC)c(OC)c1)[N@+](C)(CCCC(CCCC(=O)O)(CCC[N@@+]1(C)CCc3cc(OC)c(OC)cc3[C@H]1Cc1cc(OC)c(OC)c(OC)c1)C(=O)O)CC2. The number of hydrogen-bond donors (Lipinski definition) is 2. The van der Waals surface area contributed by atoms with Crippen molar-refractivity contribution < 1.29 is 76.1 Å². The van der Waals surface area contributed by atoms with Crippen molar-refractivity contribution in [1.82, 2.24) is 0 Å². The number of methoxy groups -OCH3 is 10. The molecule has 2 heterocycles. The molecule has 0 aromatic heterocycles. The molecule has 2 N–H and O–H groups in total. The van der Waals surface area contributed by atoms with Gasteiger partial charge < -0.3 is 66.5 Å². The van der Waals surface area contributed by atoms with Gasteiger partial charge in [0.25, 0.3) is 0 Å². The van der Waals surface area contributed by atoms with Gasteiger partial charge in [-0.05, 0) is 104 Å². The molecule has 0 radical (unpaired) electrons. The highest BCUT2D eigenvalue weighted by molar-refractivity contribution is 5.75. The molecule has 1 unspecified atom stereocenters. The molecule has 0 amide bonds. The lowest BCUT2D eigenvalue weighted by Gasteiger charge is -2.47. The quantitative estimate of drug-likeness (QED) is 0.0574. The fraction of sp³-hybridized carbons (Fsp3) is 0.527. The van der Waals surface area contributed by atoms with Gasteiger partial charge in [0.15, 0.2) is 46.0 Å². The number of hydrogen-bond acceptors (Lipinski definition) is 12. The summed E-state index contributed by atoms with van der Waals surface area (Å²) in [4.78, 5) is 25.8. The lowest BCUT2D eigenvalue weighted by atomic mass is 9.74. The average molecular weight is 989 g/mol. The number of ether oxygens (including phenoxy) is 10. The van der Waals surface area contributed by atoms with Gasteiger partial charge in [-0.25, -0.2) is 0 Å². The lowest BCUT2D eigenvalue weighted by molar-refractivity contribution is -0.941. The predicted molar refractivity (Wildman–Crippen MR) is 269 cm³/mol. The van der Waals surface area contributed by atoms with Crippen molar-refractivity contribution in [2.75, 3.05) is 111 Å². The number of carboxylic acids is 2. The van der Waals surface area contributed by atoms with E-state index in [1.807, 2.05) is 30.3 Å². The third-order valence-corrected chi connectivity index (χ3v) is 15.4. The van der Waals surface area contributed by atoms with Gasteiger partial charge in [-0.3, -0.25) is 9.59 Å². The van der Waals surface area contributed by atoms with Crippen molar-refractivity contribution in [1.29, 1.82) is 0 Å². The molecule has 0 spiro atoms. The van der Waals surface area contributed by atoms with E-state index in [1.54, 1.807) is 71.1 Å². The second-order valence-electron chi connectivity index (χ2n) is 19.3. The monoisotopic (exact) mass is 989 g/mol. The second-order valence-corrected chi connectivity index (χ2v) is 19.3. The largest absolute Gasteiger partial charge is 0.493 e. The van der Waals surface area contributed by atoms with E-state index < -0.39 is 17.4 Å². The van der Waals surface area contributed by atoms with Crippen molar-refractivity contribution >= 4 is 11.9 Å². The zero-order chi connectivity index (χ0) is 51.7. The van der Waals surface area contributed by atoms with Crippen LogP contribution in [0.1, 0.15) is 90.4 Å². The summed E-state index contributed by atoms with van der Waals surface area (Å²) in [5.74, 6) is 3.90. The Morgan fingerprint density at radius 3 is 1.38 bits per heavy atom. The fourth-order valence-corrected chi connectivity index (χ4v) is 11.5. The van der Waals surface area contributed by atoms with Crippen molar-refractivity contribution in [2.24, 2.45) is 5.41 Å². The number of rotatable bonds is 26. The van der Waals surface area contributed by atoms with Gasteiger partial charge in [0.05, 0.1) is 117 Å². The molecule has 0 bridgehead atoms. The maximum Gasteiger partial charge on any atom is 0.309 e. The van der Waals surface area contributed by atoms with Gasteiger partial charge in [-0.1, -0.05) is 0 Å². The van der Waals surface area contributed by atoms with Crippen LogP contribution < -0.4 is 47.4 Å². The van der Waals surface area contributed by atoms with Gasteiger partial charge in [0.1, 0.15) is 12.1 Å². The summed E-state index contributed by atoms with van der Waals surface area (Å²) in [5.41, 5.74) is 5.26. The van der Waals surface area contributed by atoms with Crippen LogP contribution in [0.5, 0.6) is 57.5 Å². The molecule has 0 fully saturated rings. The highest BCUT2D eigenvalue weighted by Gasteiger charge is 2.45. The van der Waals surface area contributed by atoms with Gasteiger partial charge in [0.2, 0.25) is 11.5 Å². The number of nitrogens with zero attached hydrogens (tertiary/aromatic N) is 2. The minimum absolute atomic E-state index is 0.0650. The van der Waals surface area contributed by atoms with Crippen molar-refractivity contribution in [3.63, 3.8) is 0 Å². The molecule has 6 rings (SSSR count). The van der Waals surface area contributed by atoms with Crippen LogP contribution in [0.2, 0.25) is 0 Å². The second kappa shape index (κ2) is 23.3. The maximum absolute atomic E-state index is 13.9. The molecule has 2 aliphatic rings. The third kappa shape index (κ3) is 11.3. The number of likely N-dealkylation sites (N-methyl/N-ethyl adjacent to an activating group) is 2. The lowest BCUT2D eigenvalue weighted by Crippen LogP contribution is -2.53. The minimum atomic E-state index is -1.17. The molecule has 71 heavy (non-hydrogen) atoms. The zero-order valence-electron chi connectivity index (χ0n) is 43.9. The van der Waals surface area contributed by atoms with Crippen LogP contribution in [-0.2, 0) is 28.9 Å². The fourth-order valence-electron chi connectivity index (χ4n) is 11.5. The van der Waals surface area contributed by atoms with Crippen LogP contribution in [-0.4, -0.2) is 142 Å². The van der Waals surface area contributed by atoms with Crippen LogP contribution in [0, 0.1) is 5.41 Å². The Balaban J connectivity index is 1.34. The van der Waals surface area contributed by atoms with Gasteiger partial charge >= 0.3 is 11.9 Å². The molecule has 388 valence electrons. The third-order valence-electron chi connectivity index (χ3n) is 15.4. The Morgan fingerprint density at radius 2 is 0.930 bits per heavy atom. The average Bonchev–Trinajstić information content (AvgIpc) is 3.37. The Labute approximate surface area is 419 Å². The number of fused-ring (bicyclic) bond motifs is 2. The predicted octanol–water partition coefficient (Wildman–Crippen LogP) is 8.74. The summed E-state index contributed by atoms with van der Waals surface area (Å²) in [7, 11) is 20.6. The number of carboxylic acid groups (broad SMARTS) is 2. The van der Waals surface area contributed by atoms with Crippen LogP contribution in [0.3, 0.4) is 0 Å². The summed E-state index contributed by atoms with van der Waals surface area (Å²) >= 11 is 0. The Morgan fingerprint density at radius 1 is 0.521 bits per heavy atom. The van der Waals surface area contributed by atoms with Crippen molar-refractivity contribution in [3.8, 4) is 57.5 Å². The highest BCUT2D eigenvalue weighted by atomic mass is 16.5. The van der Waals surface area contributed by atoms with E-state index in [1.165, 1.54) is 5.56 Å². The Hall–Kier alpha value is -6.26. The van der Waals surface area contributed by atoms with E-state index >= 15 is 0 Å². The first kappa shape index (κ1) is 54.1. The first-order valence-electron chi connectivity index (χ1n) is 24.3. The number of carbonyl (C=O) groups is 2. The van der Waals surface area contributed by atoms with Crippen LogP contribution >= 0.6 is 0 Å². The maximum atomic E-state index is 13.9. The Bertz CT molecular complexity index is 2460. The van der Waals surface area contributed by atoms with Crippen molar-refractivity contribution in [3.05, 3.63) is 81.9 Å². The molecule has 0 aliphatic carbocycles. The van der Waals surface area contributed by atoms with Crippen molar-refractivity contribution in [2.45, 2.75) is 76.3 Å². The summed E-state index contributed by atoms with van der Waals surface area (Å²) in [5, 5.41) is 21.1. The summed E-state index contributed by atoms with van der Waals surface area (Å²) in [6.07, 6.45) is 4.46. The van der Waals surface area contributed by atoms with E-state index in [2.05, 4.69) is 32.3 Å². The van der Waals surface area contributed by atoms with Gasteiger partial charge in [0, 0.05) is 42.4 Å². The number of benzene rings is 4. The molecule has 2 aliphatic heterocycles. The van der Waals surface area contributed by atoms with Crippen LogP contribution in [0.15, 0.2) is 48.5 Å². The van der Waals surface area contributed by atoms with Crippen LogP contribution in [0.4, 0.5) is 0 Å². The number of quaternary nitrogens is 2. The smallest absolute Gasteiger partial charge is 0.309 e. The van der Waals surface area contributed by atoms with Gasteiger partial charge in [-0.15, -0.1) is 0 Å². The molecule has 16 nitrogen and oxygen atoms in total. The molecule has 0 saturated carbocycles. The van der Waals surface area contributed by atoms with E-state index in [0.717, 1.165) is 53.7 Å². The molecule has 16 heteroatoms. The molecule has 4 aromatic carbocycles. The zero-order valence-corrected chi connectivity index (χ0v) is 43.9. The first-order chi connectivity index (χ1) is 34.0. The van der Waals surface area contributed by atoms with E-state index in [9.17, 15) is 19.8 Å². The standard InChI is InChI=1S/C55H74N2O14/c1-56(24-17-36-29-42(62-3)44(64-5)33-39(36)41(56)26-35-27-46(66-7)52(70-11)47(28-35)67-8)22-14-20-55(54(60)61,19-13-16-50(58)59)21-15-23-57(2)25-18-37-30-43(63-4)45(65-6)34-40(37)51(57)38-31-48(68-9)53(71-12)49(32-38)69-10/h27-34,41,51H,13-26H2,1-12H3/p+2/t41-,51+,55?,56+,57-/m1/s1. The number of aliphatic carboxylic acids is 2. The normalized spacial score (nSPS) is 20.1. The van der Waals surface area contributed by atoms with E-state index in [0.29, 0.717) is 112 Å². The minimum Gasteiger partial charge on any atom is -0.493 e. The van der Waals surface area contributed by atoms with Gasteiger partial charge in [-0.2, -0.15) is 0 Å². The topological polar surface area (TPSA) is 167 Å². The van der Waals surface area contributed by atoms with Crippen LogP contribution in [0.25, 0.3) is 0 Å². The summed E-state index contributed by atoms with van der Waals surface area (Å²) in [6, 6.07) is 15.9. The molecule has 0 saturated heterocycles. The summed E-state index contributed by atoms with van der Waals surface area (Å²) < 4.78 is 59.0. The summed E-state index contributed by atoms with van der Waals surface area (Å²) in [6.45, 7) is 2.86. The molecule has 5 atom stereocenters. The highest BCUT2D eigenvalue weighted by Crippen LogP contribution is 2.50. The Kier molecular flexibility index (Phi) is 17.8. The van der Waals surface area contributed by atoms with E-state index in [-0.39, 0.29) is 31.3 Å². The molecular formula is C55H76N2O14+2.